The number of amides is 1. The van der Waals surface area contributed by atoms with E-state index in [4.69, 9.17) is 14.8 Å². The Morgan fingerprint density at radius 3 is 1.83 bits per heavy atom. The van der Waals surface area contributed by atoms with Gasteiger partial charge < -0.3 is 10.1 Å². The van der Waals surface area contributed by atoms with Crippen molar-refractivity contribution < 1.29 is 14.3 Å². The predicted octanol–water partition coefficient (Wildman–Crippen LogP) is 6.80. The first-order chi connectivity index (χ1) is 22.6. The van der Waals surface area contributed by atoms with Crippen molar-refractivity contribution in [2.24, 2.45) is 0 Å². The molecule has 46 heavy (non-hydrogen) atoms. The van der Waals surface area contributed by atoms with Gasteiger partial charge in [0.05, 0.1) is 30.4 Å². The highest BCUT2D eigenvalue weighted by Crippen LogP contribution is 2.42. The van der Waals surface area contributed by atoms with Crippen LogP contribution >= 0.6 is 0 Å². The van der Waals surface area contributed by atoms with Crippen LogP contribution in [0.4, 0.5) is 0 Å². The highest BCUT2D eigenvalue weighted by molar-refractivity contribution is 5.88. The first kappa shape index (κ1) is 30.5. The van der Waals surface area contributed by atoms with Crippen molar-refractivity contribution in [3.05, 3.63) is 167 Å². The number of nitrogens with one attached hydrogen (secondary N) is 1. The molecule has 6 rings (SSSR count). The summed E-state index contributed by atoms with van der Waals surface area (Å²) in [4.78, 5) is 30.8. The molecule has 0 aliphatic heterocycles. The van der Waals surface area contributed by atoms with Crippen LogP contribution in [0.3, 0.4) is 0 Å². The third kappa shape index (κ3) is 5.79. The highest BCUT2D eigenvalue weighted by atomic mass is 16.5. The number of benzene rings is 4. The molecule has 4 aromatic carbocycles. The Kier molecular flexibility index (Phi) is 9.01. The normalized spacial score (nSPS) is 12.0. The fourth-order valence-corrected chi connectivity index (χ4v) is 6.21. The molecule has 0 unspecified atom stereocenters. The molecular weight excluding hydrogens is 572 g/mol. The van der Waals surface area contributed by atoms with Crippen LogP contribution in [-0.4, -0.2) is 33.8 Å². The largest absolute Gasteiger partial charge is 0.467 e. The van der Waals surface area contributed by atoms with Crippen molar-refractivity contribution in [2.75, 3.05) is 7.11 Å². The minimum Gasteiger partial charge on any atom is -0.467 e. The van der Waals surface area contributed by atoms with Gasteiger partial charge in [-0.15, -0.1) is 0 Å². The van der Waals surface area contributed by atoms with E-state index in [2.05, 4.69) is 89.7 Å². The lowest BCUT2D eigenvalue weighted by Gasteiger charge is -2.37. The minimum atomic E-state index is -0.925. The van der Waals surface area contributed by atoms with E-state index in [1.807, 2.05) is 48.7 Å². The van der Waals surface area contributed by atoms with Crippen LogP contribution in [0.25, 0.3) is 10.9 Å². The molecule has 0 radical (unpaired) electrons. The van der Waals surface area contributed by atoms with Gasteiger partial charge in [0.25, 0.3) is 0 Å². The zero-order valence-electron chi connectivity index (χ0n) is 26.0. The molecule has 2 aromatic heterocycles. The highest BCUT2D eigenvalue weighted by Gasteiger charge is 2.41. The van der Waals surface area contributed by atoms with Crippen molar-refractivity contribution in [2.45, 2.75) is 37.8 Å². The summed E-state index contributed by atoms with van der Waals surface area (Å²) in [7, 11) is 1.31. The Hall–Kier alpha value is -5.56. The van der Waals surface area contributed by atoms with Gasteiger partial charge in [0, 0.05) is 11.6 Å². The zero-order chi connectivity index (χ0) is 31.9. The van der Waals surface area contributed by atoms with Crippen LogP contribution in [0.5, 0.6) is 0 Å². The van der Waals surface area contributed by atoms with Crippen LogP contribution in [0, 0.1) is 0 Å². The van der Waals surface area contributed by atoms with Crippen molar-refractivity contribution in [3.63, 3.8) is 0 Å². The smallest absolute Gasteiger partial charge is 0.333 e. The Balaban J connectivity index is 1.51. The number of aromatic nitrogens is 3. The maximum Gasteiger partial charge on any atom is 0.333 e. The summed E-state index contributed by atoms with van der Waals surface area (Å²) < 4.78 is 7.11. The van der Waals surface area contributed by atoms with Gasteiger partial charge in [-0.05, 0) is 34.7 Å². The molecule has 0 fully saturated rings. The van der Waals surface area contributed by atoms with Gasteiger partial charge in [0.15, 0.2) is 6.04 Å². The summed E-state index contributed by atoms with van der Waals surface area (Å²) in [5.74, 6) is -0.880. The molecule has 0 aliphatic carbocycles. The van der Waals surface area contributed by atoms with Gasteiger partial charge in [-0.2, -0.15) is 5.10 Å². The van der Waals surface area contributed by atoms with Crippen molar-refractivity contribution >= 4 is 22.8 Å². The molecule has 2 heterocycles. The van der Waals surface area contributed by atoms with E-state index in [-0.39, 0.29) is 12.3 Å². The summed E-state index contributed by atoms with van der Waals surface area (Å²) in [5.41, 5.74) is 5.37. The molecule has 0 bridgehead atoms. The van der Waals surface area contributed by atoms with Gasteiger partial charge >= 0.3 is 5.97 Å². The Morgan fingerprint density at radius 1 is 0.804 bits per heavy atom. The van der Waals surface area contributed by atoms with Crippen molar-refractivity contribution in [1.82, 2.24) is 20.1 Å². The van der Waals surface area contributed by atoms with Crippen LogP contribution in [0.2, 0.25) is 0 Å². The molecule has 7 heteroatoms. The number of esters is 1. The number of hydrogen-bond donors (Lipinski definition) is 1. The molecule has 1 amide bonds. The van der Waals surface area contributed by atoms with Crippen molar-refractivity contribution in [1.29, 1.82) is 0 Å². The van der Waals surface area contributed by atoms with Gasteiger partial charge in [-0.1, -0.05) is 135 Å². The molecule has 1 N–H and O–H groups in total. The lowest BCUT2D eigenvalue weighted by molar-refractivity contribution is -0.145. The first-order valence-electron chi connectivity index (χ1n) is 15.5. The fraction of sp³-hybridized carbons (Fsp3) is 0.179. The third-order valence-corrected chi connectivity index (χ3v) is 8.29. The molecule has 0 aliphatic rings. The third-order valence-electron chi connectivity index (χ3n) is 8.29. The van der Waals surface area contributed by atoms with Crippen LogP contribution in [0.1, 0.15) is 53.0 Å². The number of ether oxygens (including phenoxy) is 1. The molecule has 7 nitrogen and oxygen atoms in total. The van der Waals surface area contributed by atoms with E-state index < -0.39 is 17.6 Å². The molecule has 6 aromatic rings. The number of carbonyl (C=O) groups excluding carboxylic acids is 2. The summed E-state index contributed by atoms with van der Waals surface area (Å²) in [6.07, 6.45) is 3.49. The average Bonchev–Trinajstić information content (AvgIpc) is 3.46. The number of methoxy groups -OCH3 is 1. The Labute approximate surface area is 268 Å². The molecule has 230 valence electrons. The molecular formula is C39H36N4O3. The Bertz CT molecular complexity index is 1830. The number of aryl methyl sites for hydroxylation is 1. The van der Waals surface area contributed by atoms with Crippen LogP contribution in [-0.2, 0) is 32.7 Å². The molecule has 0 saturated heterocycles. The number of pyridine rings is 1. The predicted molar refractivity (Wildman–Crippen MR) is 179 cm³/mol. The number of hydrogen-bond acceptors (Lipinski definition) is 5. The lowest BCUT2D eigenvalue weighted by Crippen LogP contribution is -2.38. The van der Waals surface area contributed by atoms with Crippen LogP contribution in [0.15, 0.2) is 134 Å². The maximum atomic E-state index is 13.4. The van der Waals surface area contributed by atoms with E-state index in [0.717, 1.165) is 46.1 Å². The SMILES string of the molecule is CCCc1nn(C(c2ccccc2)(c2ccccc2)c2ccccc2)c2cc(CC(=O)N[C@H](C(=O)OC)c3ccccc3)ncc12. The first-order valence-corrected chi connectivity index (χ1v) is 15.5. The summed E-state index contributed by atoms with van der Waals surface area (Å²) in [6.45, 7) is 2.14. The molecule has 1 atom stereocenters. The summed E-state index contributed by atoms with van der Waals surface area (Å²) in [5, 5.41) is 9.13. The van der Waals surface area contributed by atoms with Gasteiger partial charge in [0.2, 0.25) is 5.91 Å². The van der Waals surface area contributed by atoms with Gasteiger partial charge in [0.1, 0.15) is 5.54 Å². The van der Waals surface area contributed by atoms with E-state index >= 15 is 0 Å². The second-order valence-corrected chi connectivity index (χ2v) is 11.2. The maximum absolute atomic E-state index is 13.4. The van der Waals surface area contributed by atoms with E-state index in [1.165, 1.54) is 7.11 Å². The van der Waals surface area contributed by atoms with Gasteiger partial charge in [-0.3, -0.25) is 9.78 Å². The second kappa shape index (κ2) is 13.6. The monoisotopic (exact) mass is 608 g/mol. The summed E-state index contributed by atoms with van der Waals surface area (Å²) in [6, 6.07) is 41.3. The number of fused-ring (bicyclic) bond motifs is 1. The lowest BCUT2D eigenvalue weighted by atomic mass is 9.77. The molecule has 0 spiro atoms. The van der Waals surface area contributed by atoms with Gasteiger partial charge in [-0.25, -0.2) is 9.48 Å². The minimum absolute atomic E-state index is 0.0282. The molecule has 0 saturated carbocycles. The van der Waals surface area contributed by atoms with Crippen molar-refractivity contribution in [3.8, 4) is 0 Å². The standard InChI is InChI=1S/C39H36N4O3/c1-3-16-34-33-27-40-32(26-36(44)41-37(38(45)46-2)28-17-8-4-9-18-28)25-35(33)43(42-34)39(29-19-10-5-11-20-29,30-21-12-6-13-22-30)31-23-14-7-15-24-31/h4-15,17-25,27,37H,3,16,26H2,1-2H3,(H,41,44)/t37-/m0/s1. The van der Waals surface area contributed by atoms with E-state index in [1.54, 1.807) is 12.1 Å². The number of carbonyl (C=O) groups is 2. The Morgan fingerprint density at radius 2 is 1.33 bits per heavy atom. The summed E-state index contributed by atoms with van der Waals surface area (Å²) >= 11 is 0. The van der Waals surface area contributed by atoms with E-state index in [0.29, 0.717) is 11.3 Å². The topological polar surface area (TPSA) is 86.1 Å². The number of rotatable bonds is 11. The second-order valence-electron chi connectivity index (χ2n) is 11.2. The number of nitrogens with zero attached hydrogens (tertiary/aromatic N) is 3. The van der Waals surface area contributed by atoms with E-state index in [9.17, 15) is 9.59 Å². The average molecular weight is 609 g/mol. The quantitative estimate of drug-likeness (QED) is 0.129. The van der Waals surface area contributed by atoms with Crippen LogP contribution < -0.4 is 5.32 Å². The zero-order valence-corrected chi connectivity index (χ0v) is 26.0. The fourth-order valence-electron chi connectivity index (χ4n) is 6.21.